The molecule has 0 N–H and O–H groups in total. The van der Waals surface area contributed by atoms with E-state index >= 15 is 0 Å². The predicted octanol–water partition coefficient (Wildman–Crippen LogP) is 2.77. The molecule has 0 aromatic carbocycles. The lowest BCUT2D eigenvalue weighted by molar-refractivity contribution is 0.0360. The van der Waals surface area contributed by atoms with Crippen LogP contribution in [0.4, 0.5) is 0 Å². The summed E-state index contributed by atoms with van der Waals surface area (Å²) in [5, 5.41) is 0. The van der Waals surface area contributed by atoms with Crippen LogP contribution in [0.15, 0.2) is 12.3 Å². The van der Waals surface area contributed by atoms with Gasteiger partial charge in [-0.1, -0.05) is 6.92 Å². The van der Waals surface area contributed by atoms with Crippen LogP contribution in [0.1, 0.15) is 49.5 Å². The van der Waals surface area contributed by atoms with Crippen molar-refractivity contribution in [1.29, 1.82) is 0 Å². The number of carbonyl (C=O) groups is 1. The molecule has 0 aliphatic carbocycles. The molecular formula is C16H23NO4. The van der Waals surface area contributed by atoms with E-state index < -0.39 is 0 Å². The van der Waals surface area contributed by atoms with Gasteiger partial charge < -0.3 is 14.2 Å². The van der Waals surface area contributed by atoms with Gasteiger partial charge in [-0.2, -0.15) is 0 Å². The molecule has 0 spiro atoms. The van der Waals surface area contributed by atoms with Crippen molar-refractivity contribution in [2.24, 2.45) is 0 Å². The second-order valence-corrected chi connectivity index (χ2v) is 5.40. The summed E-state index contributed by atoms with van der Waals surface area (Å²) in [7, 11) is 0. The third kappa shape index (κ3) is 4.17. The van der Waals surface area contributed by atoms with Crippen molar-refractivity contribution < 1.29 is 19.0 Å². The number of hydrogen-bond acceptors (Lipinski definition) is 5. The van der Waals surface area contributed by atoms with Crippen LogP contribution in [-0.2, 0) is 15.9 Å². The molecule has 1 aromatic rings. The van der Waals surface area contributed by atoms with E-state index in [1.165, 1.54) is 0 Å². The van der Waals surface area contributed by atoms with E-state index in [0.717, 1.165) is 31.4 Å². The van der Waals surface area contributed by atoms with Gasteiger partial charge in [0.1, 0.15) is 12.2 Å². The first-order valence-electron chi connectivity index (χ1n) is 7.55. The number of aryl methyl sites for hydroxylation is 1. The van der Waals surface area contributed by atoms with Crippen molar-refractivity contribution in [3.05, 3.63) is 23.4 Å². The Kier molecular flexibility index (Phi) is 5.56. The standard InChI is InChI=1S/C16H23NO4/c1-4-12-7-8-17-15(14(12)16(18)21-11(2)3)20-10-13-6-5-9-19-13/h7-8,11,13H,4-6,9-10H2,1-3H3. The lowest BCUT2D eigenvalue weighted by Gasteiger charge is -2.16. The SMILES string of the molecule is CCc1ccnc(OCC2CCCO2)c1C(=O)OC(C)C. The minimum atomic E-state index is -0.378. The highest BCUT2D eigenvalue weighted by Gasteiger charge is 2.23. The van der Waals surface area contributed by atoms with E-state index in [1.807, 2.05) is 26.8 Å². The number of aromatic nitrogens is 1. The summed E-state index contributed by atoms with van der Waals surface area (Å²) in [6.07, 6.45) is 4.34. The number of rotatable bonds is 6. The van der Waals surface area contributed by atoms with Crippen molar-refractivity contribution in [3.63, 3.8) is 0 Å². The van der Waals surface area contributed by atoms with Crippen LogP contribution in [0.5, 0.6) is 5.88 Å². The maximum Gasteiger partial charge on any atom is 0.344 e. The second kappa shape index (κ2) is 7.41. The highest BCUT2D eigenvalue weighted by molar-refractivity contribution is 5.93. The Morgan fingerprint density at radius 1 is 1.52 bits per heavy atom. The summed E-state index contributed by atoms with van der Waals surface area (Å²) >= 11 is 0. The fourth-order valence-corrected chi connectivity index (χ4v) is 2.32. The molecule has 1 saturated heterocycles. The lowest BCUT2D eigenvalue weighted by atomic mass is 10.1. The molecule has 0 amide bonds. The molecule has 116 valence electrons. The Morgan fingerprint density at radius 2 is 2.33 bits per heavy atom. The van der Waals surface area contributed by atoms with E-state index in [0.29, 0.717) is 18.1 Å². The Balaban J connectivity index is 2.16. The molecule has 1 unspecified atom stereocenters. The summed E-state index contributed by atoms with van der Waals surface area (Å²) in [5.41, 5.74) is 1.32. The van der Waals surface area contributed by atoms with E-state index in [-0.39, 0.29) is 18.2 Å². The third-order valence-electron chi connectivity index (χ3n) is 3.36. The normalized spacial score (nSPS) is 18.0. The molecule has 0 radical (unpaired) electrons. The Bertz CT molecular complexity index is 481. The maximum absolute atomic E-state index is 12.3. The zero-order valence-electron chi connectivity index (χ0n) is 12.9. The Hall–Kier alpha value is -1.62. The monoisotopic (exact) mass is 293 g/mol. The smallest absolute Gasteiger partial charge is 0.344 e. The molecule has 1 atom stereocenters. The van der Waals surface area contributed by atoms with E-state index in [4.69, 9.17) is 14.2 Å². The van der Waals surface area contributed by atoms with Gasteiger partial charge in [0.05, 0.1) is 12.2 Å². The summed E-state index contributed by atoms with van der Waals surface area (Å²) in [6, 6.07) is 1.83. The molecule has 1 aromatic heterocycles. The predicted molar refractivity (Wildman–Crippen MR) is 78.6 cm³/mol. The Morgan fingerprint density at radius 3 is 2.95 bits per heavy atom. The number of ether oxygens (including phenoxy) is 3. The van der Waals surface area contributed by atoms with Crippen molar-refractivity contribution in [2.45, 2.75) is 52.2 Å². The van der Waals surface area contributed by atoms with Gasteiger partial charge in [-0.15, -0.1) is 0 Å². The van der Waals surface area contributed by atoms with Gasteiger partial charge in [-0.25, -0.2) is 9.78 Å². The van der Waals surface area contributed by atoms with Crippen molar-refractivity contribution >= 4 is 5.97 Å². The molecule has 2 rings (SSSR count). The van der Waals surface area contributed by atoms with Crippen molar-refractivity contribution in [2.75, 3.05) is 13.2 Å². The van der Waals surface area contributed by atoms with Crippen molar-refractivity contribution in [1.82, 2.24) is 4.98 Å². The number of carbonyl (C=O) groups excluding carboxylic acids is 1. The van der Waals surface area contributed by atoms with Crippen LogP contribution < -0.4 is 4.74 Å². The lowest BCUT2D eigenvalue weighted by Crippen LogP contribution is -2.20. The molecule has 5 heteroatoms. The minimum absolute atomic E-state index is 0.0889. The first-order valence-corrected chi connectivity index (χ1v) is 7.55. The van der Waals surface area contributed by atoms with Gasteiger partial charge in [0, 0.05) is 12.8 Å². The van der Waals surface area contributed by atoms with E-state index in [1.54, 1.807) is 6.20 Å². The quantitative estimate of drug-likeness (QED) is 0.755. The first kappa shape index (κ1) is 15.8. The summed E-state index contributed by atoms with van der Waals surface area (Å²) in [4.78, 5) is 16.5. The van der Waals surface area contributed by atoms with Crippen LogP contribution in [0.25, 0.3) is 0 Å². The average Bonchev–Trinajstić information content (AvgIpc) is 2.97. The minimum Gasteiger partial charge on any atom is -0.474 e. The average molecular weight is 293 g/mol. The van der Waals surface area contributed by atoms with E-state index in [2.05, 4.69) is 4.98 Å². The highest BCUT2D eigenvalue weighted by atomic mass is 16.6. The van der Waals surface area contributed by atoms with Crippen LogP contribution >= 0.6 is 0 Å². The second-order valence-electron chi connectivity index (χ2n) is 5.40. The number of esters is 1. The third-order valence-corrected chi connectivity index (χ3v) is 3.36. The highest BCUT2D eigenvalue weighted by Crippen LogP contribution is 2.23. The molecule has 0 saturated carbocycles. The summed E-state index contributed by atoms with van der Waals surface area (Å²) in [5.74, 6) is -0.0345. The van der Waals surface area contributed by atoms with E-state index in [9.17, 15) is 4.79 Å². The van der Waals surface area contributed by atoms with Crippen molar-refractivity contribution in [3.8, 4) is 5.88 Å². The molecule has 1 aliphatic rings. The fourth-order valence-electron chi connectivity index (χ4n) is 2.32. The molecule has 1 fully saturated rings. The van der Waals surface area contributed by atoms with Gasteiger partial charge in [0.2, 0.25) is 5.88 Å². The molecule has 0 bridgehead atoms. The fraction of sp³-hybridized carbons (Fsp3) is 0.625. The zero-order valence-corrected chi connectivity index (χ0v) is 12.9. The number of pyridine rings is 1. The van der Waals surface area contributed by atoms with Crippen LogP contribution in [-0.4, -0.2) is 36.4 Å². The van der Waals surface area contributed by atoms with Crippen LogP contribution in [0.2, 0.25) is 0 Å². The summed E-state index contributed by atoms with van der Waals surface area (Å²) in [6.45, 7) is 6.84. The topological polar surface area (TPSA) is 57.7 Å². The molecule has 5 nitrogen and oxygen atoms in total. The largest absolute Gasteiger partial charge is 0.474 e. The van der Waals surface area contributed by atoms with Gasteiger partial charge in [0.25, 0.3) is 0 Å². The molecule has 2 heterocycles. The number of nitrogens with zero attached hydrogens (tertiary/aromatic N) is 1. The van der Waals surface area contributed by atoms with Crippen LogP contribution in [0.3, 0.4) is 0 Å². The molecular weight excluding hydrogens is 270 g/mol. The molecule has 21 heavy (non-hydrogen) atoms. The van der Waals surface area contributed by atoms with Gasteiger partial charge >= 0.3 is 5.97 Å². The molecule has 1 aliphatic heterocycles. The maximum atomic E-state index is 12.3. The van der Waals surface area contributed by atoms with Gasteiger partial charge in [-0.3, -0.25) is 0 Å². The first-order chi connectivity index (χ1) is 10.1. The zero-order chi connectivity index (χ0) is 15.2. The number of hydrogen-bond donors (Lipinski definition) is 0. The Labute approximate surface area is 125 Å². The van der Waals surface area contributed by atoms with Gasteiger partial charge in [0.15, 0.2) is 0 Å². The summed E-state index contributed by atoms with van der Waals surface area (Å²) < 4.78 is 16.6. The van der Waals surface area contributed by atoms with Crippen LogP contribution in [0, 0.1) is 0 Å². The van der Waals surface area contributed by atoms with Gasteiger partial charge in [-0.05, 0) is 44.7 Å².